The van der Waals surface area contributed by atoms with Gasteiger partial charge in [-0.1, -0.05) is 92.1 Å². The summed E-state index contributed by atoms with van der Waals surface area (Å²) >= 11 is 3.13. The molecular weight excluding hydrogens is 468 g/mol. The molecule has 0 aliphatic carbocycles. The van der Waals surface area contributed by atoms with Gasteiger partial charge < -0.3 is 14.2 Å². The van der Waals surface area contributed by atoms with Gasteiger partial charge in [0.2, 0.25) is 0 Å². The molecule has 4 nitrogen and oxygen atoms in total. The zero-order chi connectivity index (χ0) is 23.4. The van der Waals surface area contributed by atoms with Gasteiger partial charge in [0.25, 0.3) is 0 Å². The summed E-state index contributed by atoms with van der Waals surface area (Å²) in [6.45, 7) is 8.13. The Bertz CT molecular complexity index is 426. The topological polar surface area (TPSA) is 44.8 Å². The highest BCUT2D eigenvalue weighted by atomic mass is 79.9. The summed E-state index contributed by atoms with van der Waals surface area (Å²) < 4.78 is 16.8. The van der Waals surface area contributed by atoms with E-state index in [0.29, 0.717) is 11.9 Å². The minimum Gasteiger partial charge on any atom is -0.381 e. The molecule has 0 N–H and O–H groups in total. The molecule has 0 saturated heterocycles. The standard InChI is InChI=1S/C27H49BrO4/c1-2-3-4-5-6-7-8-9-12-15-20-30-22-18-19-23-31-21-16-13-10-11-14-17-24-32-26-27(29)25-28/h2-4H,1,5-26H2/b4-3+. The summed E-state index contributed by atoms with van der Waals surface area (Å²) in [5, 5.41) is 0.388. The van der Waals surface area contributed by atoms with E-state index >= 15 is 0 Å². The number of halogens is 1. The summed E-state index contributed by atoms with van der Waals surface area (Å²) in [4.78, 5) is 11.1. The van der Waals surface area contributed by atoms with Crippen LogP contribution in [-0.4, -0.2) is 50.8 Å². The molecule has 0 heterocycles. The molecule has 0 saturated carbocycles. The van der Waals surface area contributed by atoms with Crippen molar-refractivity contribution < 1.29 is 19.0 Å². The lowest BCUT2D eigenvalue weighted by atomic mass is 10.1. The van der Waals surface area contributed by atoms with Crippen LogP contribution < -0.4 is 0 Å². The van der Waals surface area contributed by atoms with Gasteiger partial charge in [-0.2, -0.15) is 0 Å². The van der Waals surface area contributed by atoms with Gasteiger partial charge in [0.15, 0.2) is 5.78 Å². The smallest absolute Gasteiger partial charge is 0.168 e. The normalized spacial score (nSPS) is 11.4. The molecule has 0 aromatic carbocycles. The lowest BCUT2D eigenvalue weighted by Gasteiger charge is -2.06. The van der Waals surface area contributed by atoms with E-state index in [1.165, 1.54) is 70.6 Å². The van der Waals surface area contributed by atoms with Crippen LogP contribution in [0.2, 0.25) is 0 Å². The molecule has 0 spiro atoms. The van der Waals surface area contributed by atoms with E-state index in [0.717, 1.165) is 52.1 Å². The van der Waals surface area contributed by atoms with E-state index in [-0.39, 0.29) is 12.4 Å². The average molecular weight is 518 g/mol. The Morgan fingerprint density at radius 2 is 1.03 bits per heavy atom. The highest BCUT2D eigenvalue weighted by molar-refractivity contribution is 9.09. The molecule has 32 heavy (non-hydrogen) atoms. The number of allylic oxidation sites excluding steroid dienone is 3. The number of hydrogen-bond donors (Lipinski definition) is 0. The van der Waals surface area contributed by atoms with Crippen LogP contribution in [-0.2, 0) is 19.0 Å². The molecular formula is C27H49BrO4. The van der Waals surface area contributed by atoms with E-state index in [1.807, 2.05) is 12.2 Å². The first-order valence-corrected chi connectivity index (χ1v) is 14.0. The molecule has 0 bridgehead atoms. The molecule has 0 aliphatic heterocycles. The Kier molecular flexibility index (Phi) is 28.1. The van der Waals surface area contributed by atoms with Gasteiger partial charge in [0.1, 0.15) is 6.61 Å². The number of hydrogen-bond acceptors (Lipinski definition) is 4. The molecule has 0 fully saturated rings. The van der Waals surface area contributed by atoms with Crippen molar-refractivity contribution in [1.82, 2.24) is 0 Å². The zero-order valence-corrected chi connectivity index (χ0v) is 22.1. The number of ether oxygens (including phenoxy) is 3. The SMILES string of the molecule is C=C/C=C/CCCCCCCCOCCCCOCCCCCCCCOCC(=O)CBr. The summed E-state index contributed by atoms with van der Waals surface area (Å²) in [5.41, 5.74) is 0. The van der Waals surface area contributed by atoms with Gasteiger partial charge in [-0.3, -0.25) is 4.79 Å². The lowest BCUT2D eigenvalue weighted by molar-refractivity contribution is -0.120. The highest BCUT2D eigenvalue weighted by Gasteiger charge is 1.98. The van der Waals surface area contributed by atoms with Crippen molar-refractivity contribution in [3.05, 3.63) is 24.8 Å². The fraction of sp³-hybridized carbons (Fsp3) is 0.815. The summed E-state index contributed by atoms with van der Waals surface area (Å²) in [7, 11) is 0. The lowest BCUT2D eigenvalue weighted by Crippen LogP contribution is -2.10. The minimum absolute atomic E-state index is 0.110. The van der Waals surface area contributed by atoms with Crippen molar-refractivity contribution in [3.63, 3.8) is 0 Å². The molecule has 188 valence electrons. The van der Waals surface area contributed by atoms with Crippen LogP contribution in [0, 0.1) is 0 Å². The van der Waals surface area contributed by atoms with Crippen molar-refractivity contribution in [1.29, 1.82) is 0 Å². The Hall–Kier alpha value is -0.490. The number of unbranched alkanes of at least 4 members (excludes halogenated alkanes) is 12. The van der Waals surface area contributed by atoms with Gasteiger partial charge in [-0.05, 0) is 44.9 Å². The predicted molar refractivity (Wildman–Crippen MR) is 140 cm³/mol. The van der Waals surface area contributed by atoms with Crippen LogP contribution in [0.1, 0.15) is 96.3 Å². The van der Waals surface area contributed by atoms with Crippen LogP contribution in [0.3, 0.4) is 0 Å². The summed E-state index contributed by atoms with van der Waals surface area (Å²) in [5.74, 6) is 0.110. The highest BCUT2D eigenvalue weighted by Crippen LogP contribution is 2.08. The second-order valence-electron chi connectivity index (χ2n) is 8.35. The molecule has 0 atom stereocenters. The Morgan fingerprint density at radius 3 is 1.50 bits per heavy atom. The molecule has 0 aromatic heterocycles. The Labute approximate surface area is 206 Å². The number of carbonyl (C=O) groups excluding carboxylic acids is 1. The molecule has 0 aromatic rings. The third-order valence-corrected chi connectivity index (χ3v) is 5.87. The van der Waals surface area contributed by atoms with Gasteiger partial charge >= 0.3 is 0 Å². The van der Waals surface area contributed by atoms with E-state index in [1.54, 1.807) is 0 Å². The largest absolute Gasteiger partial charge is 0.381 e. The van der Waals surface area contributed by atoms with Gasteiger partial charge in [-0.25, -0.2) is 0 Å². The minimum atomic E-state index is 0.110. The third-order valence-electron chi connectivity index (χ3n) is 5.25. The fourth-order valence-corrected chi connectivity index (χ4v) is 3.48. The molecule has 0 unspecified atom stereocenters. The number of Topliss-reactive ketones (excluding diaryl/α,β-unsaturated/α-hetero) is 1. The maximum absolute atomic E-state index is 11.1. The number of alkyl halides is 1. The fourth-order valence-electron chi connectivity index (χ4n) is 3.32. The summed E-state index contributed by atoms with van der Waals surface area (Å²) in [6.07, 6.45) is 24.3. The molecule has 0 aliphatic rings. The molecule has 5 heteroatoms. The molecule has 0 rings (SSSR count). The average Bonchev–Trinajstić information content (AvgIpc) is 2.81. The van der Waals surface area contributed by atoms with E-state index in [9.17, 15) is 4.79 Å². The van der Waals surface area contributed by atoms with Crippen LogP contribution in [0.15, 0.2) is 24.8 Å². The quantitative estimate of drug-likeness (QED) is 0.0640. The first kappa shape index (κ1) is 31.5. The van der Waals surface area contributed by atoms with Gasteiger partial charge in [0.05, 0.1) is 5.33 Å². The van der Waals surface area contributed by atoms with Crippen molar-refractivity contribution in [2.24, 2.45) is 0 Å². The number of rotatable bonds is 27. The van der Waals surface area contributed by atoms with Crippen LogP contribution >= 0.6 is 15.9 Å². The van der Waals surface area contributed by atoms with Crippen LogP contribution in [0.5, 0.6) is 0 Å². The Balaban J connectivity index is 3.04. The van der Waals surface area contributed by atoms with E-state index < -0.39 is 0 Å². The maximum atomic E-state index is 11.1. The van der Waals surface area contributed by atoms with Crippen LogP contribution in [0.25, 0.3) is 0 Å². The third kappa shape index (κ3) is 27.5. The monoisotopic (exact) mass is 516 g/mol. The zero-order valence-electron chi connectivity index (χ0n) is 20.5. The Morgan fingerprint density at radius 1 is 0.625 bits per heavy atom. The van der Waals surface area contributed by atoms with Crippen molar-refractivity contribution >= 4 is 21.7 Å². The van der Waals surface area contributed by atoms with Gasteiger partial charge in [0, 0.05) is 33.0 Å². The van der Waals surface area contributed by atoms with Crippen molar-refractivity contribution in [2.75, 3.05) is 45.0 Å². The van der Waals surface area contributed by atoms with Crippen molar-refractivity contribution in [2.45, 2.75) is 96.3 Å². The maximum Gasteiger partial charge on any atom is 0.168 e. The molecule has 0 amide bonds. The molecule has 0 radical (unpaired) electrons. The first-order valence-electron chi connectivity index (χ1n) is 12.9. The second kappa shape index (κ2) is 28.5. The first-order chi connectivity index (χ1) is 15.8. The van der Waals surface area contributed by atoms with E-state index in [4.69, 9.17) is 14.2 Å². The van der Waals surface area contributed by atoms with Crippen molar-refractivity contribution in [3.8, 4) is 0 Å². The number of ketones is 1. The van der Waals surface area contributed by atoms with E-state index in [2.05, 4.69) is 28.6 Å². The number of carbonyl (C=O) groups is 1. The summed E-state index contributed by atoms with van der Waals surface area (Å²) in [6, 6.07) is 0. The second-order valence-corrected chi connectivity index (χ2v) is 8.91. The van der Waals surface area contributed by atoms with Gasteiger partial charge in [-0.15, -0.1) is 0 Å². The predicted octanol–water partition coefficient (Wildman–Crippen LogP) is 7.59. The van der Waals surface area contributed by atoms with Crippen LogP contribution in [0.4, 0.5) is 0 Å².